The van der Waals surface area contributed by atoms with E-state index in [1.165, 1.54) is 32.2 Å². The summed E-state index contributed by atoms with van der Waals surface area (Å²) in [5.74, 6) is -0.581. The van der Waals surface area contributed by atoms with Crippen molar-refractivity contribution in [2.75, 3.05) is 19.5 Å². The Hall–Kier alpha value is -3.94. The predicted molar refractivity (Wildman–Crippen MR) is 114 cm³/mol. The minimum Gasteiger partial charge on any atom is -0.507 e. The Kier molecular flexibility index (Phi) is 6.49. The lowest BCUT2D eigenvalue weighted by Crippen LogP contribution is -2.21. The van der Waals surface area contributed by atoms with Gasteiger partial charge >= 0.3 is 5.63 Å². The standard InChI is InChI=1S/C23H23NO7/c1-13-10-19(26)22(23(28)31-13)17(14-4-9-20(30-3)18(25)11-14)12-21(27)24-15-5-7-16(29-2)8-6-15/h4-11,17,25-26H,12H2,1-3H3,(H,24,27)/t17-/m1/s1. The van der Waals surface area contributed by atoms with Gasteiger partial charge in [-0.15, -0.1) is 0 Å². The molecule has 31 heavy (non-hydrogen) atoms. The summed E-state index contributed by atoms with van der Waals surface area (Å²) in [6.45, 7) is 1.54. The normalized spacial score (nSPS) is 11.6. The number of hydrogen-bond acceptors (Lipinski definition) is 7. The van der Waals surface area contributed by atoms with Crippen LogP contribution >= 0.6 is 0 Å². The Morgan fingerprint density at radius 2 is 1.74 bits per heavy atom. The summed E-state index contributed by atoms with van der Waals surface area (Å²) < 4.78 is 15.3. The van der Waals surface area contributed by atoms with Crippen molar-refractivity contribution in [3.05, 3.63) is 75.8 Å². The maximum absolute atomic E-state index is 12.8. The molecule has 0 aliphatic rings. The maximum atomic E-state index is 12.8. The van der Waals surface area contributed by atoms with Crippen molar-refractivity contribution >= 4 is 11.6 Å². The van der Waals surface area contributed by atoms with E-state index < -0.39 is 17.5 Å². The molecule has 0 aliphatic carbocycles. The first-order valence-corrected chi connectivity index (χ1v) is 9.46. The summed E-state index contributed by atoms with van der Waals surface area (Å²) in [5, 5.41) is 23.4. The Morgan fingerprint density at radius 3 is 2.32 bits per heavy atom. The van der Waals surface area contributed by atoms with Gasteiger partial charge in [-0.25, -0.2) is 4.79 Å². The Labute approximate surface area is 178 Å². The fraction of sp³-hybridized carbons (Fsp3) is 0.217. The number of anilines is 1. The summed E-state index contributed by atoms with van der Waals surface area (Å²) in [7, 11) is 2.96. The van der Waals surface area contributed by atoms with Gasteiger partial charge in [-0.05, 0) is 48.9 Å². The van der Waals surface area contributed by atoms with E-state index in [9.17, 15) is 19.8 Å². The molecule has 0 unspecified atom stereocenters. The molecule has 0 fully saturated rings. The molecule has 3 N–H and O–H groups in total. The Morgan fingerprint density at radius 1 is 1.03 bits per heavy atom. The second kappa shape index (κ2) is 9.25. The van der Waals surface area contributed by atoms with Gasteiger partial charge in [0.15, 0.2) is 11.5 Å². The molecule has 0 radical (unpaired) electrons. The number of hydrogen-bond donors (Lipinski definition) is 3. The predicted octanol–water partition coefficient (Wildman–Crippen LogP) is 3.54. The number of aryl methyl sites for hydroxylation is 1. The molecule has 8 nitrogen and oxygen atoms in total. The summed E-state index contributed by atoms with van der Waals surface area (Å²) >= 11 is 0. The van der Waals surface area contributed by atoms with Crippen LogP contribution in [0.2, 0.25) is 0 Å². The summed E-state index contributed by atoms with van der Waals surface area (Å²) in [6, 6.07) is 12.6. The molecule has 1 heterocycles. The number of amides is 1. The molecule has 0 spiro atoms. The first-order valence-electron chi connectivity index (χ1n) is 9.46. The van der Waals surface area contributed by atoms with Gasteiger partial charge in [0.25, 0.3) is 0 Å². The molecule has 2 aromatic carbocycles. The number of nitrogens with one attached hydrogen (secondary N) is 1. The van der Waals surface area contributed by atoms with Crippen molar-refractivity contribution in [2.45, 2.75) is 19.3 Å². The number of phenolic OH excluding ortho intramolecular Hbond substituents is 1. The molecular formula is C23H23NO7. The number of methoxy groups -OCH3 is 2. The van der Waals surface area contributed by atoms with E-state index in [0.29, 0.717) is 17.0 Å². The highest BCUT2D eigenvalue weighted by molar-refractivity contribution is 5.91. The van der Waals surface area contributed by atoms with Crippen LogP contribution in [0.25, 0.3) is 0 Å². The van der Waals surface area contributed by atoms with Gasteiger partial charge in [0.2, 0.25) is 5.91 Å². The third-order valence-electron chi connectivity index (χ3n) is 4.81. The van der Waals surface area contributed by atoms with Crippen LogP contribution in [-0.2, 0) is 4.79 Å². The molecule has 3 rings (SSSR count). The van der Waals surface area contributed by atoms with Crippen LogP contribution in [0, 0.1) is 6.92 Å². The second-order valence-electron chi connectivity index (χ2n) is 6.91. The molecular weight excluding hydrogens is 402 g/mol. The Bertz CT molecular complexity index is 1140. The van der Waals surface area contributed by atoms with Crippen molar-refractivity contribution in [1.29, 1.82) is 0 Å². The van der Waals surface area contributed by atoms with E-state index in [2.05, 4.69) is 5.32 Å². The average Bonchev–Trinajstić information content (AvgIpc) is 2.72. The van der Waals surface area contributed by atoms with Gasteiger partial charge in [-0.3, -0.25) is 4.79 Å². The van der Waals surface area contributed by atoms with E-state index >= 15 is 0 Å². The van der Waals surface area contributed by atoms with Crippen LogP contribution < -0.4 is 20.4 Å². The van der Waals surface area contributed by atoms with Gasteiger partial charge in [0.1, 0.15) is 17.3 Å². The lowest BCUT2D eigenvalue weighted by atomic mass is 9.88. The fourth-order valence-electron chi connectivity index (χ4n) is 3.31. The first-order chi connectivity index (χ1) is 14.8. The molecule has 1 amide bonds. The minimum atomic E-state index is -0.869. The molecule has 8 heteroatoms. The van der Waals surface area contributed by atoms with Crippen LogP contribution in [0.15, 0.2) is 57.7 Å². The maximum Gasteiger partial charge on any atom is 0.343 e. The molecule has 0 saturated heterocycles. The SMILES string of the molecule is COc1ccc(NC(=O)C[C@H](c2ccc(OC)c(O)c2)c2c(O)cc(C)oc2=O)cc1. The zero-order valence-electron chi connectivity index (χ0n) is 17.3. The quantitative estimate of drug-likeness (QED) is 0.530. The largest absolute Gasteiger partial charge is 0.507 e. The van der Waals surface area contributed by atoms with Crippen molar-refractivity contribution in [2.24, 2.45) is 0 Å². The number of rotatable bonds is 7. The third-order valence-corrected chi connectivity index (χ3v) is 4.81. The topological polar surface area (TPSA) is 118 Å². The highest BCUT2D eigenvalue weighted by atomic mass is 16.5. The van der Waals surface area contributed by atoms with Crippen LogP contribution in [0.1, 0.15) is 29.2 Å². The molecule has 1 atom stereocenters. The molecule has 162 valence electrons. The van der Waals surface area contributed by atoms with Gasteiger partial charge < -0.3 is 29.4 Å². The summed E-state index contributed by atoms with van der Waals surface area (Å²) in [6.07, 6.45) is -0.181. The van der Waals surface area contributed by atoms with Gasteiger partial charge in [-0.2, -0.15) is 0 Å². The van der Waals surface area contributed by atoms with Crippen molar-refractivity contribution < 1.29 is 28.9 Å². The van der Waals surface area contributed by atoms with Crippen molar-refractivity contribution in [3.8, 4) is 23.0 Å². The smallest absolute Gasteiger partial charge is 0.343 e. The molecule has 0 aliphatic heterocycles. The van der Waals surface area contributed by atoms with Crippen LogP contribution in [-0.4, -0.2) is 30.3 Å². The number of carbonyl (C=O) groups is 1. The van der Waals surface area contributed by atoms with E-state index in [1.54, 1.807) is 37.4 Å². The highest BCUT2D eigenvalue weighted by Crippen LogP contribution is 2.36. The zero-order valence-corrected chi connectivity index (χ0v) is 17.3. The van der Waals surface area contributed by atoms with Crippen molar-refractivity contribution in [3.63, 3.8) is 0 Å². The lowest BCUT2D eigenvalue weighted by Gasteiger charge is -2.19. The molecule has 0 bridgehead atoms. The number of aromatic hydroxyl groups is 2. The molecule has 1 aromatic heterocycles. The molecule has 3 aromatic rings. The van der Waals surface area contributed by atoms with Gasteiger partial charge in [0.05, 0.1) is 19.8 Å². The highest BCUT2D eigenvalue weighted by Gasteiger charge is 2.26. The number of ether oxygens (including phenoxy) is 2. The van der Waals surface area contributed by atoms with E-state index in [-0.39, 0.29) is 35.0 Å². The third kappa shape index (κ3) is 4.98. The minimum absolute atomic E-state index is 0.0694. The van der Waals surface area contributed by atoms with E-state index in [4.69, 9.17) is 13.9 Å². The monoisotopic (exact) mass is 425 g/mol. The number of benzene rings is 2. The van der Waals surface area contributed by atoms with E-state index in [1.807, 2.05) is 0 Å². The van der Waals surface area contributed by atoms with Crippen LogP contribution in [0.5, 0.6) is 23.0 Å². The second-order valence-corrected chi connectivity index (χ2v) is 6.91. The van der Waals surface area contributed by atoms with Gasteiger partial charge in [-0.1, -0.05) is 6.07 Å². The van der Waals surface area contributed by atoms with E-state index in [0.717, 1.165) is 0 Å². The van der Waals surface area contributed by atoms with Crippen molar-refractivity contribution in [1.82, 2.24) is 0 Å². The summed E-state index contributed by atoms with van der Waals surface area (Å²) in [5.41, 5.74) is 0.159. The van der Waals surface area contributed by atoms with Gasteiger partial charge in [0, 0.05) is 24.1 Å². The first kappa shape index (κ1) is 21.8. The average molecular weight is 425 g/mol. The van der Waals surface area contributed by atoms with Crippen LogP contribution in [0.4, 0.5) is 5.69 Å². The van der Waals surface area contributed by atoms with Crippen LogP contribution in [0.3, 0.4) is 0 Å². The fourth-order valence-corrected chi connectivity index (χ4v) is 3.31. The summed E-state index contributed by atoms with van der Waals surface area (Å²) in [4.78, 5) is 25.3. The number of carbonyl (C=O) groups excluding carboxylic acids is 1. The molecule has 0 saturated carbocycles. The zero-order chi connectivity index (χ0) is 22.5. The lowest BCUT2D eigenvalue weighted by molar-refractivity contribution is -0.116. The number of phenols is 1. The Balaban J connectivity index is 1.97.